The molecule has 1 heterocycles. The lowest BCUT2D eigenvalue weighted by Gasteiger charge is -2.06. The van der Waals surface area contributed by atoms with E-state index in [0.29, 0.717) is 17.9 Å². The Balaban J connectivity index is 2.04. The molecule has 0 saturated carbocycles. The molecule has 1 atom stereocenters. The maximum absolute atomic E-state index is 12.2. The Morgan fingerprint density at radius 1 is 1.28 bits per heavy atom. The third kappa shape index (κ3) is 3.17. The molecule has 0 amide bonds. The zero-order chi connectivity index (χ0) is 13.0. The van der Waals surface area contributed by atoms with Gasteiger partial charge in [-0.05, 0) is 36.8 Å². The summed E-state index contributed by atoms with van der Waals surface area (Å²) in [4.78, 5) is 4.93. The smallest absolute Gasteiger partial charge is 0.0617 e. The molecule has 0 radical (unpaired) electrons. The van der Waals surface area contributed by atoms with Crippen LogP contribution in [-0.2, 0) is 17.2 Å². The molecule has 0 saturated heterocycles. The van der Waals surface area contributed by atoms with Crippen LogP contribution in [0.3, 0.4) is 0 Å². The Morgan fingerprint density at radius 2 is 2.11 bits per heavy atom. The second-order valence-electron chi connectivity index (χ2n) is 4.16. The van der Waals surface area contributed by atoms with Crippen LogP contribution in [0.2, 0.25) is 0 Å². The van der Waals surface area contributed by atoms with Gasteiger partial charge in [-0.1, -0.05) is 12.1 Å². The van der Waals surface area contributed by atoms with E-state index in [1.807, 2.05) is 43.3 Å². The topological polar surface area (TPSA) is 56.0 Å². The van der Waals surface area contributed by atoms with E-state index < -0.39 is 10.8 Å². The first kappa shape index (κ1) is 12.8. The van der Waals surface area contributed by atoms with Crippen LogP contribution in [0.1, 0.15) is 11.3 Å². The van der Waals surface area contributed by atoms with Gasteiger partial charge in [-0.15, -0.1) is 0 Å². The van der Waals surface area contributed by atoms with Gasteiger partial charge in [0.05, 0.1) is 15.7 Å². The van der Waals surface area contributed by atoms with Crippen LogP contribution in [0, 0.1) is 6.92 Å². The predicted octanol–water partition coefficient (Wildman–Crippen LogP) is 2.32. The van der Waals surface area contributed by atoms with Crippen LogP contribution in [0.5, 0.6) is 0 Å². The minimum absolute atomic E-state index is 0.546. The van der Waals surface area contributed by atoms with Crippen molar-refractivity contribution in [2.75, 3.05) is 11.5 Å². The van der Waals surface area contributed by atoms with Crippen molar-refractivity contribution < 1.29 is 4.21 Å². The van der Waals surface area contributed by atoms with E-state index in [9.17, 15) is 4.21 Å². The van der Waals surface area contributed by atoms with Crippen LogP contribution < -0.4 is 5.73 Å². The molecule has 0 spiro atoms. The Bertz CT molecular complexity index is 555. The molecule has 0 fully saturated rings. The molecule has 2 rings (SSSR count). The van der Waals surface area contributed by atoms with E-state index >= 15 is 0 Å². The fraction of sp³-hybridized carbons (Fsp3) is 0.214. The molecule has 2 N–H and O–H groups in total. The molecule has 4 heteroatoms. The largest absolute Gasteiger partial charge is 0.398 e. The van der Waals surface area contributed by atoms with E-state index in [4.69, 9.17) is 5.73 Å². The molecule has 1 aromatic carbocycles. The normalized spacial score (nSPS) is 12.3. The van der Waals surface area contributed by atoms with Crippen molar-refractivity contribution in [3.63, 3.8) is 0 Å². The number of nitrogens with two attached hydrogens (primary N) is 1. The lowest BCUT2D eigenvalue weighted by atomic mass is 10.2. The minimum atomic E-state index is -1.07. The zero-order valence-corrected chi connectivity index (χ0v) is 11.1. The second-order valence-corrected chi connectivity index (χ2v) is 5.70. The number of nitrogens with zero attached hydrogens (tertiary/aromatic N) is 1. The molecule has 0 aliphatic rings. The molecule has 3 nitrogen and oxygen atoms in total. The summed E-state index contributed by atoms with van der Waals surface area (Å²) in [6.45, 7) is 1.97. The molecule has 94 valence electrons. The van der Waals surface area contributed by atoms with E-state index in [-0.39, 0.29) is 0 Å². The van der Waals surface area contributed by atoms with Crippen LogP contribution in [0.4, 0.5) is 5.69 Å². The van der Waals surface area contributed by atoms with Crippen molar-refractivity contribution in [2.24, 2.45) is 0 Å². The molecule has 0 aliphatic heterocycles. The van der Waals surface area contributed by atoms with Gasteiger partial charge in [-0.2, -0.15) is 0 Å². The van der Waals surface area contributed by atoms with Gasteiger partial charge in [-0.25, -0.2) is 0 Å². The van der Waals surface area contributed by atoms with Crippen molar-refractivity contribution in [3.05, 3.63) is 53.9 Å². The maximum atomic E-state index is 12.2. The third-order valence-electron chi connectivity index (χ3n) is 2.68. The number of anilines is 1. The third-order valence-corrected chi connectivity index (χ3v) is 4.12. The highest BCUT2D eigenvalue weighted by atomic mass is 32.2. The summed E-state index contributed by atoms with van der Waals surface area (Å²) < 4.78 is 12.2. The lowest BCUT2D eigenvalue weighted by Crippen LogP contribution is -2.05. The number of hydrogen-bond donors (Lipinski definition) is 1. The van der Waals surface area contributed by atoms with E-state index in [0.717, 1.165) is 16.2 Å². The van der Waals surface area contributed by atoms with Crippen LogP contribution >= 0.6 is 0 Å². The van der Waals surface area contributed by atoms with E-state index in [1.54, 1.807) is 6.20 Å². The van der Waals surface area contributed by atoms with E-state index in [1.165, 1.54) is 0 Å². The SMILES string of the molecule is Cc1ccc(S(=O)CCc2ccccn2)c(N)c1. The van der Waals surface area contributed by atoms with Crippen LogP contribution in [-0.4, -0.2) is 14.9 Å². The predicted molar refractivity (Wildman–Crippen MR) is 74.8 cm³/mol. The number of pyridine rings is 1. The number of aryl methyl sites for hydroxylation is 2. The first-order valence-corrected chi connectivity index (χ1v) is 7.13. The highest BCUT2D eigenvalue weighted by molar-refractivity contribution is 7.85. The first-order chi connectivity index (χ1) is 8.66. The molecule has 0 aliphatic carbocycles. The molecule has 2 aromatic rings. The van der Waals surface area contributed by atoms with Crippen molar-refractivity contribution in [1.82, 2.24) is 4.98 Å². The molecular weight excluding hydrogens is 244 g/mol. The molecule has 1 unspecified atom stereocenters. The summed E-state index contributed by atoms with van der Waals surface area (Å²) in [5.74, 6) is 0.546. The molecule has 18 heavy (non-hydrogen) atoms. The summed E-state index contributed by atoms with van der Waals surface area (Å²) in [6, 6.07) is 11.4. The maximum Gasteiger partial charge on any atom is 0.0617 e. The highest BCUT2D eigenvalue weighted by Gasteiger charge is 2.08. The van der Waals surface area contributed by atoms with Crippen LogP contribution in [0.25, 0.3) is 0 Å². The second kappa shape index (κ2) is 5.78. The van der Waals surface area contributed by atoms with Gasteiger partial charge < -0.3 is 5.73 Å². The van der Waals surface area contributed by atoms with Gasteiger partial charge in [0, 0.05) is 29.8 Å². The van der Waals surface area contributed by atoms with Gasteiger partial charge in [0.2, 0.25) is 0 Å². The van der Waals surface area contributed by atoms with Crippen molar-refractivity contribution in [2.45, 2.75) is 18.2 Å². The first-order valence-electron chi connectivity index (χ1n) is 5.81. The Morgan fingerprint density at radius 3 is 2.78 bits per heavy atom. The fourth-order valence-electron chi connectivity index (χ4n) is 1.73. The number of rotatable bonds is 4. The summed E-state index contributed by atoms with van der Waals surface area (Å²) in [6.07, 6.45) is 2.44. The molecule has 0 bridgehead atoms. The van der Waals surface area contributed by atoms with Crippen LogP contribution in [0.15, 0.2) is 47.5 Å². The Hall–Kier alpha value is -1.68. The van der Waals surface area contributed by atoms with Gasteiger partial charge >= 0.3 is 0 Å². The quantitative estimate of drug-likeness (QED) is 0.858. The minimum Gasteiger partial charge on any atom is -0.398 e. The zero-order valence-electron chi connectivity index (χ0n) is 10.3. The highest BCUT2D eigenvalue weighted by Crippen LogP contribution is 2.18. The van der Waals surface area contributed by atoms with Crippen molar-refractivity contribution in [3.8, 4) is 0 Å². The summed E-state index contributed by atoms with van der Waals surface area (Å²) >= 11 is 0. The monoisotopic (exact) mass is 260 g/mol. The van der Waals surface area contributed by atoms with Gasteiger partial charge in [0.25, 0.3) is 0 Å². The Kier molecular flexibility index (Phi) is 4.10. The average Bonchev–Trinajstić information content (AvgIpc) is 2.37. The van der Waals surface area contributed by atoms with Crippen molar-refractivity contribution >= 4 is 16.5 Å². The molecular formula is C14H16N2OS. The lowest BCUT2D eigenvalue weighted by molar-refractivity contribution is 0.682. The molecule has 1 aromatic heterocycles. The fourth-order valence-corrected chi connectivity index (χ4v) is 2.88. The summed E-state index contributed by atoms with van der Waals surface area (Å²) in [7, 11) is -1.07. The number of hydrogen-bond acceptors (Lipinski definition) is 3. The van der Waals surface area contributed by atoms with Gasteiger partial charge in [0.1, 0.15) is 0 Å². The number of benzene rings is 1. The summed E-state index contributed by atoms with van der Waals surface area (Å²) in [5.41, 5.74) is 8.53. The van der Waals surface area contributed by atoms with Gasteiger partial charge in [0.15, 0.2) is 0 Å². The van der Waals surface area contributed by atoms with E-state index in [2.05, 4.69) is 4.98 Å². The number of nitrogen functional groups attached to an aromatic ring is 1. The summed E-state index contributed by atoms with van der Waals surface area (Å²) in [5, 5.41) is 0. The van der Waals surface area contributed by atoms with Gasteiger partial charge in [-0.3, -0.25) is 9.19 Å². The van der Waals surface area contributed by atoms with Crippen molar-refractivity contribution in [1.29, 1.82) is 0 Å². The standard InChI is InChI=1S/C14H16N2OS/c1-11-5-6-14(13(15)10-11)18(17)9-7-12-4-2-3-8-16-12/h2-6,8,10H,7,9,15H2,1H3. The number of aromatic nitrogens is 1. The Labute approximate surface area is 110 Å². The average molecular weight is 260 g/mol.